The van der Waals surface area contributed by atoms with Crippen LogP contribution in [0.4, 0.5) is 14.6 Å². The average molecular weight is 277 g/mol. The van der Waals surface area contributed by atoms with Gasteiger partial charge in [-0.25, -0.2) is 13.8 Å². The van der Waals surface area contributed by atoms with E-state index < -0.39 is 11.6 Å². The monoisotopic (exact) mass is 277 g/mol. The van der Waals surface area contributed by atoms with E-state index in [1.165, 1.54) is 0 Å². The maximum atomic E-state index is 13.2. The molecule has 2 aliphatic rings. The molecule has 1 N–H and O–H groups in total. The van der Waals surface area contributed by atoms with Gasteiger partial charge in [0, 0.05) is 31.8 Å². The van der Waals surface area contributed by atoms with Gasteiger partial charge in [0.05, 0.1) is 17.2 Å². The van der Waals surface area contributed by atoms with E-state index in [0.717, 1.165) is 25.2 Å². The predicted octanol–water partition coefficient (Wildman–Crippen LogP) is 1.58. The molecule has 4 nitrogen and oxygen atoms in total. The minimum Gasteiger partial charge on any atom is -0.396 e. The van der Waals surface area contributed by atoms with Gasteiger partial charge in [0.15, 0.2) is 11.6 Å². The highest BCUT2D eigenvalue weighted by atomic mass is 19.2. The molecule has 20 heavy (non-hydrogen) atoms. The Balaban J connectivity index is 1.64. The number of rotatable bonds is 2. The molecule has 2 fully saturated rings. The second-order valence-electron chi connectivity index (χ2n) is 5.56. The number of aliphatic hydroxyl groups excluding tert-OH is 1. The maximum absolute atomic E-state index is 13.2. The highest BCUT2D eigenvalue weighted by Crippen LogP contribution is 2.51. The fourth-order valence-electron chi connectivity index (χ4n) is 3.26. The lowest BCUT2D eigenvalue weighted by Gasteiger charge is -2.20. The highest BCUT2D eigenvalue weighted by molar-refractivity contribution is 5.75. The summed E-state index contributed by atoms with van der Waals surface area (Å²) in [6, 6.07) is 2.14. The third-order valence-corrected chi connectivity index (χ3v) is 4.48. The third-order valence-electron chi connectivity index (χ3n) is 4.48. The van der Waals surface area contributed by atoms with Crippen LogP contribution in [0.25, 0.3) is 11.0 Å². The molecule has 1 aromatic carbocycles. The van der Waals surface area contributed by atoms with E-state index in [9.17, 15) is 8.78 Å². The second kappa shape index (κ2) is 4.09. The minimum absolute atomic E-state index is 0.247. The van der Waals surface area contributed by atoms with Crippen molar-refractivity contribution in [2.75, 3.05) is 24.6 Å². The molecule has 2 aromatic rings. The summed E-state index contributed by atoms with van der Waals surface area (Å²) in [6.45, 7) is 1.94. The zero-order valence-electron chi connectivity index (χ0n) is 10.6. The molecule has 1 unspecified atom stereocenters. The largest absolute Gasteiger partial charge is 0.396 e. The Morgan fingerprint density at radius 3 is 2.45 bits per heavy atom. The summed E-state index contributed by atoms with van der Waals surface area (Å²) in [5, 5.41) is 9.14. The van der Waals surface area contributed by atoms with Crippen LogP contribution in [0.1, 0.15) is 0 Å². The number of halogens is 2. The Bertz CT molecular complexity index is 681. The normalized spacial score (nSPS) is 27.9. The third kappa shape index (κ3) is 1.67. The zero-order chi connectivity index (χ0) is 13.9. The fourth-order valence-corrected chi connectivity index (χ4v) is 3.26. The van der Waals surface area contributed by atoms with E-state index in [1.807, 2.05) is 0 Å². The number of benzene rings is 1. The molecule has 4 rings (SSSR count). The molecule has 1 saturated heterocycles. The zero-order valence-corrected chi connectivity index (χ0v) is 10.6. The molecular formula is C14H13F2N3O. The topological polar surface area (TPSA) is 49.2 Å². The number of hydrogen-bond donors (Lipinski definition) is 1. The fraction of sp³-hybridized carbons (Fsp3) is 0.429. The summed E-state index contributed by atoms with van der Waals surface area (Å²) in [7, 11) is 0. The molecule has 2 heterocycles. The number of fused-ring (bicyclic) bond motifs is 2. The van der Waals surface area contributed by atoms with Crippen LogP contribution in [0.2, 0.25) is 0 Å². The van der Waals surface area contributed by atoms with Gasteiger partial charge in [-0.1, -0.05) is 0 Å². The van der Waals surface area contributed by atoms with Crippen molar-refractivity contribution in [3.63, 3.8) is 0 Å². The van der Waals surface area contributed by atoms with Crippen molar-refractivity contribution in [3.8, 4) is 0 Å². The van der Waals surface area contributed by atoms with Gasteiger partial charge in [-0.2, -0.15) is 0 Å². The summed E-state index contributed by atoms with van der Waals surface area (Å²) < 4.78 is 26.4. The van der Waals surface area contributed by atoms with Gasteiger partial charge in [-0.3, -0.25) is 4.98 Å². The second-order valence-corrected chi connectivity index (χ2v) is 5.56. The van der Waals surface area contributed by atoms with Crippen LogP contribution in [0.15, 0.2) is 18.3 Å². The van der Waals surface area contributed by atoms with Gasteiger partial charge in [0.2, 0.25) is 0 Å². The molecule has 0 amide bonds. The van der Waals surface area contributed by atoms with Crippen LogP contribution in [0.3, 0.4) is 0 Å². The average Bonchev–Trinajstić information content (AvgIpc) is 2.91. The molecule has 1 aliphatic carbocycles. The van der Waals surface area contributed by atoms with E-state index >= 15 is 0 Å². The highest BCUT2D eigenvalue weighted by Gasteiger charge is 2.55. The Morgan fingerprint density at radius 1 is 1.15 bits per heavy atom. The molecular weight excluding hydrogens is 264 g/mol. The quantitative estimate of drug-likeness (QED) is 0.905. The van der Waals surface area contributed by atoms with E-state index in [1.54, 1.807) is 6.20 Å². The first-order valence-electron chi connectivity index (χ1n) is 6.65. The number of hydrogen-bond acceptors (Lipinski definition) is 4. The van der Waals surface area contributed by atoms with Crippen molar-refractivity contribution in [2.45, 2.75) is 0 Å². The molecule has 3 atom stereocenters. The van der Waals surface area contributed by atoms with E-state index in [4.69, 9.17) is 5.11 Å². The smallest absolute Gasteiger partial charge is 0.161 e. The minimum atomic E-state index is -0.909. The van der Waals surface area contributed by atoms with Gasteiger partial charge in [0.1, 0.15) is 5.82 Å². The van der Waals surface area contributed by atoms with Crippen molar-refractivity contribution in [2.24, 2.45) is 17.8 Å². The first-order valence-corrected chi connectivity index (χ1v) is 6.65. The molecule has 0 radical (unpaired) electrons. The molecule has 1 saturated carbocycles. The number of nitrogens with zero attached hydrogens (tertiary/aromatic N) is 3. The standard InChI is InChI=1S/C14H13F2N3O/c15-10-1-12-13(2-11(10)16)18-14(3-17-12)19-4-7-8(5-19)9(7)6-20/h1-3,7-9,20H,4-6H2/t7-,8+,9?. The lowest BCUT2D eigenvalue weighted by Crippen LogP contribution is -2.25. The summed E-state index contributed by atoms with van der Waals surface area (Å²) in [4.78, 5) is 10.6. The van der Waals surface area contributed by atoms with Crippen LogP contribution in [-0.4, -0.2) is 34.8 Å². The Kier molecular flexibility index (Phi) is 2.44. The van der Waals surface area contributed by atoms with E-state index in [0.29, 0.717) is 34.6 Å². The van der Waals surface area contributed by atoms with Gasteiger partial charge in [0.25, 0.3) is 0 Å². The lowest BCUT2D eigenvalue weighted by molar-refractivity contribution is 0.260. The number of anilines is 1. The van der Waals surface area contributed by atoms with E-state index in [2.05, 4.69) is 14.9 Å². The molecule has 6 heteroatoms. The predicted molar refractivity (Wildman–Crippen MR) is 69.2 cm³/mol. The summed E-state index contributed by atoms with van der Waals surface area (Å²) in [6.07, 6.45) is 1.60. The Hall–Kier alpha value is -1.82. The van der Waals surface area contributed by atoms with Crippen LogP contribution in [0, 0.1) is 29.4 Å². The van der Waals surface area contributed by atoms with Crippen LogP contribution in [-0.2, 0) is 0 Å². The summed E-state index contributed by atoms with van der Waals surface area (Å²) in [5.41, 5.74) is 0.714. The molecule has 1 aliphatic heterocycles. The summed E-state index contributed by atoms with van der Waals surface area (Å²) >= 11 is 0. The van der Waals surface area contributed by atoms with Crippen molar-refractivity contribution >= 4 is 16.9 Å². The number of aromatic nitrogens is 2. The van der Waals surface area contributed by atoms with Gasteiger partial charge >= 0.3 is 0 Å². The maximum Gasteiger partial charge on any atom is 0.161 e. The SMILES string of the molecule is OCC1[C@H]2CN(c3cnc4cc(F)c(F)cc4n3)C[C@@H]12. The Morgan fingerprint density at radius 2 is 1.80 bits per heavy atom. The van der Waals surface area contributed by atoms with Crippen LogP contribution in [0.5, 0.6) is 0 Å². The summed E-state index contributed by atoms with van der Waals surface area (Å²) in [5.74, 6) is 0.352. The van der Waals surface area contributed by atoms with Gasteiger partial charge < -0.3 is 10.0 Å². The molecule has 0 spiro atoms. The molecule has 104 valence electrons. The van der Waals surface area contributed by atoms with Gasteiger partial charge in [-0.15, -0.1) is 0 Å². The van der Waals surface area contributed by atoms with Crippen molar-refractivity contribution < 1.29 is 13.9 Å². The first kappa shape index (κ1) is 12.0. The molecule has 1 aromatic heterocycles. The van der Waals surface area contributed by atoms with Crippen LogP contribution >= 0.6 is 0 Å². The number of piperidine rings is 1. The van der Waals surface area contributed by atoms with E-state index in [-0.39, 0.29) is 6.61 Å². The lowest BCUT2D eigenvalue weighted by atomic mass is 10.2. The van der Waals surface area contributed by atoms with Crippen molar-refractivity contribution in [3.05, 3.63) is 30.0 Å². The van der Waals surface area contributed by atoms with Crippen molar-refractivity contribution in [1.82, 2.24) is 9.97 Å². The van der Waals surface area contributed by atoms with Crippen molar-refractivity contribution in [1.29, 1.82) is 0 Å². The molecule has 0 bridgehead atoms. The van der Waals surface area contributed by atoms with Crippen LogP contribution < -0.4 is 4.90 Å². The number of aliphatic hydroxyl groups is 1. The van der Waals surface area contributed by atoms with Gasteiger partial charge in [-0.05, 0) is 17.8 Å². The Labute approximate surface area is 114 Å². The first-order chi connectivity index (χ1) is 9.67.